The van der Waals surface area contributed by atoms with Crippen molar-refractivity contribution in [3.8, 4) is 0 Å². The summed E-state index contributed by atoms with van der Waals surface area (Å²) in [6, 6.07) is 0. The van der Waals surface area contributed by atoms with Crippen molar-refractivity contribution < 1.29 is 46.4 Å². The molecule has 0 atom stereocenters. The molecule has 0 nitrogen and oxygen atoms in total. The average Bonchev–Trinajstić information content (AvgIpc) is 0. The molecule has 0 N–H and O–H groups in total. The predicted molar refractivity (Wildman–Crippen MR) is 5.75 cm³/mol. The molecule has 0 aliphatic heterocycles. The molecule has 0 aliphatic rings. The SMILES string of the molecule is [B+3].[Br-].[Br-].[Cl-]. The van der Waals surface area contributed by atoms with E-state index in [9.17, 15) is 0 Å². The second-order valence-electron chi connectivity index (χ2n) is 0. The van der Waals surface area contributed by atoms with Gasteiger partial charge in [0.25, 0.3) is 0 Å². The van der Waals surface area contributed by atoms with E-state index < -0.39 is 0 Å². The van der Waals surface area contributed by atoms with E-state index in [0.717, 1.165) is 0 Å². The van der Waals surface area contributed by atoms with Gasteiger partial charge in [0.15, 0.2) is 0 Å². The minimum atomic E-state index is 0. The Bertz CT molecular complexity index is 6.00. The van der Waals surface area contributed by atoms with Gasteiger partial charge in [-0.1, -0.05) is 0 Å². The minimum Gasteiger partial charge on any atom is -1.00 e. The van der Waals surface area contributed by atoms with Gasteiger partial charge in [-0.15, -0.1) is 0 Å². The van der Waals surface area contributed by atoms with Gasteiger partial charge in [0.2, 0.25) is 0 Å². The first-order valence-corrected chi connectivity index (χ1v) is 0. The number of halogens is 3. The standard InChI is InChI=1S/B.2BrH.ClH/h;3*1H/q+3;;;/p-3. The van der Waals surface area contributed by atoms with Crippen LogP contribution in [0.2, 0.25) is 0 Å². The zero-order valence-electron chi connectivity index (χ0n) is 1.71. The summed E-state index contributed by atoms with van der Waals surface area (Å²) in [5.74, 6) is 0. The molecule has 0 bridgehead atoms. The van der Waals surface area contributed by atoms with E-state index >= 15 is 0 Å². The average molecular weight is 206 g/mol. The summed E-state index contributed by atoms with van der Waals surface area (Å²) in [6.45, 7) is 0. The number of hydrogen-bond donors (Lipinski definition) is 0. The summed E-state index contributed by atoms with van der Waals surface area (Å²) >= 11 is 0. The van der Waals surface area contributed by atoms with E-state index in [2.05, 4.69) is 0 Å². The molecule has 0 aromatic carbocycles. The van der Waals surface area contributed by atoms with Crippen LogP contribution in [0.15, 0.2) is 0 Å². The van der Waals surface area contributed by atoms with Crippen molar-refractivity contribution in [2.45, 2.75) is 0 Å². The molecule has 0 fully saturated rings. The van der Waals surface area contributed by atoms with Crippen molar-refractivity contribution in [2.75, 3.05) is 0 Å². The van der Waals surface area contributed by atoms with Crippen LogP contribution in [-0.4, -0.2) is 8.41 Å². The first-order chi connectivity index (χ1) is 0. The Kier molecular flexibility index (Phi) is 392. The molecule has 4 heavy (non-hydrogen) atoms. The van der Waals surface area contributed by atoms with Gasteiger partial charge in [0.05, 0.1) is 0 Å². The van der Waals surface area contributed by atoms with E-state index in [1.807, 2.05) is 0 Å². The normalized spacial score (nSPS) is 0. The molecular weight excluding hydrogens is 206 g/mol. The third kappa shape index (κ3) is 10.3. The molecule has 0 rings (SSSR count). The van der Waals surface area contributed by atoms with Gasteiger partial charge in [-0.05, 0) is 0 Å². The van der Waals surface area contributed by atoms with Crippen molar-refractivity contribution in [2.24, 2.45) is 0 Å². The van der Waals surface area contributed by atoms with Crippen LogP contribution in [0.4, 0.5) is 0 Å². The van der Waals surface area contributed by atoms with Crippen LogP contribution in [0.25, 0.3) is 0 Å². The third-order valence-corrected chi connectivity index (χ3v) is 0. The third-order valence-electron chi connectivity index (χ3n) is 0. The number of rotatable bonds is 0. The molecule has 0 heterocycles. The Hall–Kier alpha value is 1.31. The fourth-order valence-corrected chi connectivity index (χ4v) is 0. The molecule has 0 aromatic heterocycles. The summed E-state index contributed by atoms with van der Waals surface area (Å²) in [5.41, 5.74) is 0. The molecule has 0 saturated heterocycles. The Balaban J connectivity index is 0. The van der Waals surface area contributed by atoms with Crippen LogP contribution in [0.3, 0.4) is 0 Å². The fraction of sp³-hybridized carbons (Fsp3) is 0. The monoisotopic (exact) mass is 204 g/mol. The van der Waals surface area contributed by atoms with E-state index in [1.54, 1.807) is 0 Å². The van der Waals surface area contributed by atoms with E-state index in [-0.39, 0.29) is 54.8 Å². The fourth-order valence-electron chi connectivity index (χ4n) is 0. The van der Waals surface area contributed by atoms with Crippen LogP contribution in [0.5, 0.6) is 0 Å². The van der Waals surface area contributed by atoms with Crippen molar-refractivity contribution in [3.05, 3.63) is 0 Å². The van der Waals surface area contributed by atoms with Gasteiger partial charge in [-0.2, -0.15) is 0 Å². The molecule has 0 unspecified atom stereocenters. The first kappa shape index (κ1) is 57.2. The van der Waals surface area contributed by atoms with Crippen LogP contribution in [0.1, 0.15) is 0 Å². The molecule has 0 saturated carbocycles. The summed E-state index contributed by atoms with van der Waals surface area (Å²) < 4.78 is 0. The second kappa shape index (κ2) is 27.4. The summed E-state index contributed by atoms with van der Waals surface area (Å²) in [6.07, 6.45) is 0. The smallest absolute Gasteiger partial charge is 1.00 e. The van der Waals surface area contributed by atoms with Crippen molar-refractivity contribution in [1.82, 2.24) is 0 Å². The van der Waals surface area contributed by atoms with Crippen molar-refractivity contribution in [3.63, 3.8) is 0 Å². The largest absolute Gasteiger partial charge is 3.00 e. The quantitative estimate of drug-likeness (QED) is 0.345. The molecular formula is BBr2Cl. The van der Waals surface area contributed by atoms with Gasteiger partial charge in [0.1, 0.15) is 0 Å². The van der Waals surface area contributed by atoms with Crippen LogP contribution in [-0.2, 0) is 0 Å². The molecule has 0 radical (unpaired) electrons. The van der Waals surface area contributed by atoms with E-state index in [0.29, 0.717) is 0 Å². The zero-order chi connectivity index (χ0) is 0. The van der Waals surface area contributed by atoms with Gasteiger partial charge in [0, 0.05) is 0 Å². The van der Waals surface area contributed by atoms with Gasteiger partial charge >= 0.3 is 8.41 Å². The van der Waals surface area contributed by atoms with Crippen LogP contribution < -0.4 is 46.4 Å². The zero-order valence-corrected chi connectivity index (χ0v) is 5.64. The molecule has 0 aromatic rings. The van der Waals surface area contributed by atoms with E-state index in [4.69, 9.17) is 0 Å². The Morgan fingerprint density at radius 1 is 0.750 bits per heavy atom. The van der Waals surface area contributed by atoms with Gasteiger partial charge < -0.3 is 46.4 Å². The van der Waals surface area contributed by atoms with Crippen LogP contribution >= 0.6 is 0 Å². The first-order valence-electron chi connectivity index (χ1n) is 0. The maximum Gasteiger partial charge on any atom is 3.00 e. The number of hydrogen-bond acceptors (Lipinski definition) is 0. The van der Waals surface area contributed by atoms with Crippen LogP contribution in [0, 0.1) is 0 Å². The topological polar surface area (TPSA) is 0 Å². The minimum absolute atomic E-state index is 0. The van der Waals surface area contributed by atoms with E-state index in [1.165, 1.54) is 0 Å². The van der Waals surface area contributed by atoms with Gasteiger partial charge in [-0.25, -0.2) is 0 Å². The van der Waals surface area contributed by atoms with Crippen molar-refractivity contribution >= 4 is 8.41 Å². The summed E-state index contributed by atoms with van der Waals surface area (Å²) in [5, 5.41) is 0. The molecule has 0 amide bonds. The Morgan fingerprint density at radius 2 is 0.750 bits per heavy atom. The molecule has 0 spiro atoms. The van der Waals surface area contributed by atoms with Gasteiger partial charge in [-0.3, -0.25) is 0 Å². The molecule has 4 heteroatoms. The molecule has 0 aliphatic carbocycles. The summed E-state index contributed by atoms with van der Waals surface area (Å²) in [4.78, 5) is 0. The van der Waals surface area contributed by atoms with Crippen molar-refractivity contribution in [1.29, 1.82) is 0 Å². The maximum absolute atomic E-state index is 0. The predicted octanol–water partition coefficient (Wildman–Crippen LogP) is -9.37. The Morgan fingerprint density at radius 3 is 0.750 bits per heavy atom. The maximum atomic E-state index is 0. The summed E-state index contributed by atoms with van der Waals surface area (Å²) in [7, 11) is 0. The second-order valence-corrected chi connectivity index (χ2v) is 0. The Labute approximate surface area is 54.9 Å². The molecule has 24 valence electrons.